The van der Waals surface area contributed by atoms with Gasteiger partial charge in [-0.05, 0) is 18.3 Å². The van der Waals surface area contributed by atoms with Crippen molar-refractivity contribution in [2.24, 2.45) is 10.6 Å². The molecule has 0 aromatic rings. The Labute approximate surface area is 85.9 Å². The number of nitrogens with two attached hydrogens (primary N) is 1. The van der Waals surface area contributed by atoms with Crippen molar-refractivity contribution in [3.8, 4) is 0 Å². The molecular formula is C9H19NO3S. The molecule has 14 heavy (non-hydrogen) atoms. The Hall–Kier alpha value is -0.130. The van der Waals surface area contributed by atoms with Crippen molar-refractivity contribution in [3.63, 3.8) is 0 Å². The van der Waals surface area contributed by atoms with Gasteiger partial charge in [0.25, 0.3) is 0 Å². The Morgan fingerprint density at radius 1 is 1.36 bits per heavy atom. The maximum absolute atomic E-state index is 11.2. The molecule has 4 nitrogen and oxygen atoms in total. The van der Waals surface area contributed by atoms with Crippen molar-refractivity contribution < 1.29 is 13.2 Å². The molecular weight excluding hydrogens is 202 g/mol. The molecule has 0 spiro atoms. The molecule has 1 fully saturated rings. The van der Waals surface area contributed by atoms with Gasteiger partial charge in [-0.25, -0.2) is 13.6 Å². The number of hydrogen-bond donors (Lipinski definition) is 1. The van der Waals surface area contributed by atoms with Gasteiger partial charge in [0.2, 0.25) is 10.0 Å². The summed E-state index contributed by atoms with van der Waals surface area (Å²) in [5.41, 5.74) is -0.0244. The number of hydrogen-bond acceptors (Lipinski definition) is 3. The summed E-state index contributed by atoms with van der Waals surface area (Å²) in [5, 5.41) is 4.70. The van der Waals surface area contributed by atoms with Crippen LogP contribution in [-0.2, 0) is 14.8 Å². The molecule has 1 aliphatic heterocycles. The van der Waals surface area contributed by atoms with E-state index in [1.54, 1.807) is 0 Å². The lowest BCUT2D eigenvalue weighted by atomic mass is 9.85. The summed E-state index contributed by atoms with van der Waals surface area (Å²) in [5.74, 6) is 0. The fraction of sp³-hybridized carbons (Fsp3) is 1.00. The van der Waals surface area contributed by atoms with Crippen molar-refractivity contribution in [1.82, 2.24) is 0 Å². The van der Waals surface area contributed by atoms with Gasteiger partial charge in [-0.15, -0.1) is 0 Å². The Morgan fingerprint density at radius 3 is 2.36 bits per heavy atom. The van der Waals surface area contributed by atoms with E-state index in [0.717, 1.165) is 0 Å². The van der Waals surface area contributed by atoms with E-state index in [4.69, 9.17) is 9.88 Å². The topological polar surface area (TPSA) is 69.4 Å². The van der Waals surface area contributed by atoms with Crippen LogP contribution in [0.3, 0.4) is 0 Å². The highest BCUT2D eigenvalue weighted by atomic mass is 32.2. The maximum Gasteiger partial charge on any atom is 0.212 e. The van der Waals surface area contributed by atoms with E-state index in [9.17, 15) is 8.42 Å². The molecule has 1 rings (SSSR count). The SMILES string of the molecule is CC(C)(C)C1CC(S(N)(=O)=O)CCO1. The zero-order valence-corrected chi connectivity index (χ0v) is 9.80. The molecule has 0 amide bonds. The average Bonchev–Trinajstić information content (AvgIpc) is 2.01. The molecule has 84 valence electrons. The van der Waals surface area contributed by atoms with Gasteiger partial charge < -0.3 is 4.74 Å². The summed E-state index contributed by atoms with van der Waals surface area (Å²) < 4.78 is 27.9. The van der Waals surface area contributed by atoms with Gasteiger partial charge in [0.15, 0.2) is 0 Å². The molecule has 0 saturated carbocycles. The smallest absolute Gasteiger partial charge is 0.212 e. The monoisotopic (exact) mass is 221 g/mol. The third-order valence-electron chi connectivity index (χ3n) is 2.67. The second kappa shape index (κ2) is 3.79. The summed E-state index contributed by atoms with van der Waals surface area (Å²) >= 11 is 0. The minimum absolute atomic E-state index is 0.0143. The molecule has 0 radical (unpaired) electrons. The van der Waals surface area contributed by atoms with Crippen LogP contribution in [0.4, 0.5) is 0 Å². The lowest BCUT2D eigenvalue weighted by molar-refractivity contribution is -0.0459. The molecule has 1 saturated heterocycles. The summed E-state index contributed by atoms with van der Waals surface area (Å²) in [7, 11) is -3.40. The van der Waals surface area contributed by atoms with Crippen LogP contribution in [0.25, 0.3) is 0 Å². The van der Waals surface area contributed by atoms with Gasteiger partial charge >= 0.3 is 0 Å². The lowest BCUT2D eigenvalue weighted by Gasteiger charge is -2.36. The van der Waals surface area contributed by atoms with Crippen molar-refractivity contribution in [2.45, 2.75) is 45.0 Å². The standard InChI is InChI=1S/C9H19NO3S/c1-9(2,3)8-6-7(4-5-13-8)14(10,11)12/h7-8H,4-6H2,1-3H3,(H2,10,11,12). The predicted octanol–water partition coefficient (Wildman–Crippen LogP) is 0.869. The molecule has 1 aliphatic rings. The summed E-state index contributed by atoms with van der Waals surface area (Å²) in [6.07, 6.45) is 1.02. The highest BCUT2D eigenvalue weighted by Gasteiger charge is 2.35. The number of primary sulfonamides is 1. The fourth-order valence-electron chi connectivity index (χ4n) is 1.67. The van der Waals surface area contributed by atoms with Gasteiger partial charge in [0.05, 0.1) is 11.4 Å². The van der Waals surface area contributed by atoms with Crippen LogP contribution in [0.15, 0.2) is 0 Å². The first-order valence-corrected chi connectivity index (χ1v) is 6.45. The van der Waals surface area contributed by atoms with E-state index >= 15 is 0 Å². The lowest BCUT2D eigenvalue weighted by Crippen LogP contribution is -2.42. The minimum Gasteiger partial charge on any atom is -0.378 e. The Kier molecular flexibility index (Phi) is 3.23. The van der Waals surface area contributed by atoms with Gasteiger partial charge in [-0.2, -0.15) is 0 Å². The molecule has 0 aromatic carbocycles. The van der Waals surface area contributed by atoms with Crippen molar-refractivity contribution in [1.29, 1.82) is 0 Å². The van der Waals surface area contributed by atoms with Crippen LogP contribution < -0.4 is 5.14 Å². The number of ether oxygens (including phenoxy) is 1. The molecule has 0 aliphatic carbocycles. The maximum atomic E-state index is 11.2. The highest BCUT2D eigenvalue weighted by Crippen LogP contribution is 2.31. The molecule has 0 bridgehead atoms. The third kappa shape index (κ3) is 2.93. The first kappa shape index (κ1) is 11.9. The van der Waals surface area contributed by atoms with E-state index in [0.29, 0.717) is 19.4 Å². The van der Waals surface area contributed by atoms with Gasteiger partial charge in [-0.3, -0.25) is 0 Å². The van der Waals surface area contributed by atoms with E-state index in [1.165, 1.54) is 0 Å². The summed E-state index contributed by atoms with van der Waals surface area (Å²) in [4.78, 5) is 0. The molecule has 2 N–H and O–H groups in total. The van der Waals surface area contributed by atoms with Crippen LogP contribution in [0.1, 0.15) is 33.6 Å². The largest absolute Gasteiger partial charge is 0.378 e. The van der Waals surface area contributed by atoms with Crippen LogP contribution in [-0.4, -0.2) is 26.4 Å². The van der Waals surface area contributed by atoms with Crippen LogP contribution >= 0.6 is 0 Å². The molecule has 5 heteroatoms. The van der Waals surface area contributed by atoms with Crippen LogP contribution in [0, 0.1) is 5.41 Å². The highest BCUT2D eigenvalue weighted by molar-refractivity contribution is 7.89. The van der Waals surface area contributed by atoms with Crippen molar-refractivity contribution in [3.05, 3.63) is 0 Å². The second-order valence-electron chi connectivity index (χ2n) is 4.96. The van der Waals surface area contributed by atoms with Crippen molar-refractivity contribution >= 4 is 10.0 Å². The van der Waals surface area contributed by atoms with E-state index in [-0.39, 0.29) is 11.5 Å². The predicted molar refractivity (Wildman–Crippen MR) is 55.3 cm³/mol. The Morgan fingerprint density at radius 2 is 1.93 bits per heavy atom. The summed E-state index contributed by atoms with van der Waals surface area (Å²) in [6, 6.07) is 0. The Bertz CT molecular complexity index is 292. The third-order valence-corrected chi connectivity index (χ3v) is 4.02. The minimum atomic E-state index is -3.40. The first-order chi connectivity index (χ1) is 6.21. The second-order valence-corrected chi connectivity index (χ2v) is 6.81. The van der Waals surface area contributed by atoms with Gasteiger partial charge in [0, 0.05) is 6.61 Å². The molecule has 2 atom stereocenters. The fourth-order valence-corrected chi connectivity index (χ4v) is 2.54. The summed E-state index contributed by atoms with van der Waals surface area (Å²) in [6.45, 7) is 6.62. The molecule has 2 unspecified atom stereocenters. The number of sulfonamides is 1. The molecule has 1 heterocycles. The van der Waals surface area contributed by atoms with Crippen LogP contribution in [0.5, 0.6) is 0 Å². The van der Waals surface area contributed by atoms with E-state index in [2.05, 4.69) is 0 Å². The van der Waals surface area contributed by atoms with Crippen LogP contribution in [0.2, 0.25) is 0 Å². The quantitative estimate of drug-likeness (QED) is 0.714. The zero-order chi connectivity index (χ0) is 11.0. The number of rotatable bonds is 1. The Balaban J connectivity index is 2.71. The van der Waals surface area contributed by atoms with Gasteiger partial charge in [-0.1, -0.05) is 20.8 Å². The average molecular weight is 221 g/mol. The van der Waals surface area contributed by atoms with E-state index in [1.807, 2.05) is 20.8 Å². The van der Waals surface area contributed by atoms with Gasteiger partial charge in [0.1, 0.15) is 0 Å². The van der Waals surface area contributed by atoms with E-state index < -0.39 is 15.3 Å². The zero-order valence-electron chi connectivity index (χ0n) is 8.99. The van der Waals surface area contributed by atoms with Crippen molar-refractivity contribution in [2.75, 3.05) is 6.61 Å². The first-order valence-electron chi connectivity index (χ1n) is 4.84. The normalized spacial score (nSPS) is 30.3. The molecule has 0 aromatic heterocycles.